The Kier molecular flexibility index (Phi) is 2.07. The standard InChI is InChI=1S/C7H9NO/c1-2-3-4-7-5-9-6-8-7/h3-6H,2H2,1H3/b4-3+. The van der Waals surface area contributed by atoms with E-state index in [9.17, 15) is 0 Å². The van der Waals surface area contributed by atoms with Crippen molar-refractivity contribution < 1.29 is 4.42 Å². The number of hydrogen-bond donors (Lipinski definition) is 0. The predicted octanol–water partition coefficient (Wildman–Crippen LogP) is 2.10. The van der Waals surface area contributed by atoms with Gasteiger partial charge in [0, 0.05) is 0 Å². The Bertz CT molecular complexity index is 177. The Labute approximate surface area is 54.2 Å². The van der Waals surface area contributed by atoms with Gasteiger partial charge in [-0.05, 0) is 12.5 Å². The number of rotatable bonds is 2. The van der Waals surface area contributed by atoms with Crippen LogP contribution in [0.25, 0.3) is 6.08 Å². The third kappa shape index (κ3) is 1.72. The third-order valence-corrected chi connectivity index (χ3v) is 0.976. The highest BCUT2D eigenvalue weighted by atomic mass is 16.3. The second-order valence-electron chi connectivity index (χ2n) is 1.72. The molecule has 0 saturated heterocycles. The van der Waals surface area contributed by atoms with Gasteiger partial charge in [0.1, 0.15) is 12.0 Å². The molecule has 0 saturated carbocycles. The molecule has 0 atom stereocenters. The molecule has 0 aromatic carbocycles. The van der Waals surface area contributed by atoms with Crippen LogP contribution in [0.5, 0.6) is 0 Å². The zero-order chi connectivity index (χ0) is 6.53. The quantitative estimate of drug-likeness (QED) is 0.601. The Morgan fingerprint density at radius 3 is 3.22 bits per heavy atom. The molecule has 9 heavy (non-hydrogen) atoms. The van der Waals surface area contributed by atoms with E-state index in [1.807, 2.05) is 12.2 Å². The van der Waals surface area contributed by atoms with E-state index in [0.717, 1.165) is 12.1 Å². The molecule has 0 fully saturated rings. The molecule has 0 N–H and O–H groups in total. The summed E-state index contributed by atoms with van der Waals surface area (Å²) in [4.78, 5) is 3.90. The van der Waals surface area contributed by atoms with Gasteiger partial charge in [-0.15, -0.1) is 0 Å². The maximum absolute atomic E-state index is 4.75. The molecule has 48 valence electrons. The van der Waals surface area contributed by atoms with E-state index in [1.54, 1.807) is 6.26 Å². The van der Waals surface area contributed by atoms with Gasteiger partial charge in [-0.1, -0.05) is 13.0 Å². The summed E-state index contributed by atoms with van der Waals surface area (Å²) in [5.74, 6) is 0. The normalized spacial score (nSPS) is 10.8. The molecule has 1 aromatic rings. The van der Waals surface area contributed by atoms with Crippen molar-refractivity contribution >= 4 is 6.08 Å². The van der Waals surface area contributed by atoms with Crippen molar-refractivity contribution in [2.45, 2.75) is 13.3 Å². The fourth-order valence-electron chi connectivity index (χ4n) is 0.543. The van der Waals surface area contributed by atoms with Crippen LogP contribution in [0.3, 0.4) is 0 Å². The van der Waals surface area contributed by atoms with Crippen molar-refractivity contribution in [2.75, 3.05) is 0 Å². The zero-order valence-corrected chi connectivity index (χ0v) is 5.37. The van der Waals surface area contributed by atoms with Crippen molar-refractivity contribution in [3.05, 3.63) is 24.4 Å². The highest BCUT2D eigenvalue weighted by Crippen LogP contribution is 1.97. The SMILES string of the molecule is CC/C=C/c1cocn1. The minimum Gasteiger partial charge on any atom is -0.451 e. The summed E-state index contributed by atoms with van der Waals surface area (Å²) in [6.07, 6.45) is 8.05. The van der Waals surface area contributed by atoms with Crippen LogP contribution in [-0.2, 0) is 0 Å². The molecule has 0 radical (unpaired) electrons. The number of hydrogen-bond acceptors (Lipinski definition) is 2. The smallest absolute Gasteiger partial charge is 0.181 e. The highest BCUT2D eigenvalue weighted by Gasteiger charge is 1.84. The van der Waals surface area contributed by atoms with Crippen LogP contribution < -0.4 is 0 Å². The van der Waals surface area contributed by atoms with Gasteiger partial charge >= 0.3 is 0 Å². The van der Waals surface area contributed by atoms with Gasteiger partial charge in [0.05, 0.1) is 0 Å². The average molecular weight is 123 g/mol. The van der Waals surface area contributed by atoms with Crippen molar-refractivity contribution in [1.82, 2.24) is 4.98 Å². The van der Waals surface area contributed by atoms with E-state index in [-0.39, 0.29) is 0 Å². The molecule has 0 aliphatic rings. The van der Waals surface area contributed by atoms with Crippen LogP contribution in [0.1, 0.15) is 19.0 Å². The van der Waals surface area contributed by atoms with Crippen LogP contribution in [-0.4, -0.2) is 4.98 Å². The number of oxazole rings is 1. The Balaban J connectivity index is 2.57. The van der Waals surface area contributed by atoms with Crippen LogP contribution >= 0.6 is 0 Å². The molecule has 0 unspecified atom stereocenters. The molecule has 2 heteroatoms. The average Bonchev–Trinajstić information content (AvgIpc) is 2.34. The Morgan fingerprint density at radius 2 is 2.67 bits per heavy atom. The lowest BCUT2D eigenvalue weighted by Gasteiger charge is -1.76. The number of allylic oxidation sites excluding steroid dienone is 1. The van der Waals surface area contributed by atoms with E-state index < -0.39 is 0 Å². The first-order valence-electron chi connectivity index (χ1n) is 2.98. The molecular formula is C7H9NO. The molecule has 1 aromatic heterocycles. The Morgan fingerprint density at radius 1 is 1.78 bits per heavy atom. The fraction of sp³-hybridized carbons (Fsp3) is 0.286. The zero-order valence-electron chi connectivity index (χ0n) is 5.37. The summed E-state index contributed by atoms with van der Waals surface area (Å²) in [5, 5.41) is 0. The van der Waals surface area contributed by atoms with Gasteiger partial charge in [-0.25, -0.2) is 4.98 Å². The van der Waals surface area contributed by atoms with Gasteiger partial charge < -0.3 is 4.42 Å². The first-order valence-corrected chi connectivity index (χ1v) is 2.98. The largest absolute Gasteiger partial charge is 0.451 e. The van der Waals surface area contributed by atoms with Crippen molar-refractivity contribution in [2.24, 2.45) is 0 Å². The molecule has 0 spiro atoms. The molecule has 0 aliphatic carbocycles. The van der Waals surface area contributed by atoms with E-state index in [4.69, 9.17) is 4.42 Å². The molecule has 0 aliphatic heterocycles. The fourth-order valence-corrected chi connectivity index (χ4v) is 0.543. The summed E-state index contributed by atoms with van der Waals surface area (Å²) >= 11 is 0. The first-order chi connectivity index (χ1) is 4.43. The number of nitrogens with zero attached hydrogens (tertiary/aromatic N) is 1. The van der Waals surface area contributed by atoms with Crippen LogP contribution in [0, 0.1) is 0 Å². The third-order valence-electron chi connectivity index (χ3n) is 0.976. The molecule has 1 rings (SSSR count). The maximum Gasteiger partial charge on any atom is 0.181 e. The van der Waals surface area contributed by atoms with Crippen LogP contribution in [0.4, 0.5) is 0 Å². The van der Waals surface area contributed by atoms with Gasteiger partial charge in [-0.2, -0.15) is 0 Å². The Hall–Kier alpha value is -1.05. The lowest BCUT2D eigenvalue weighted by Crippen LogP contribution is -1.65. The lowest BCUT2D eigenvalue weighted by molar-refractivity contribution is 0.557. The molecule has 2 nitrogen and oxygen atoms in total. The van der Waals surface area contributed by atoms with E-state index >= 15 is 0 Å². The van der Waals surface area contributed by atoms with Crippen molar-refractivity contribution in [3.8, 4) is 0 Å². The minimum absolute atomic E-state index is 0.886. The van der Waals surface area contributed by atoms with Gasteiger partial charge in [0.2, 0.25) is 0 Å². The number of aromatic nitrogens is 1. The van der Waals surface area contributed by atoms with Gasteiger partial charge in [0.25, 0.3) is 0 Å². The molecule has 1 heterocycles. The van der Waals surface area contributed by atoms with E-state index in [1.165, 1.54) is 6.39 Å². The molecule has 0 bridgehead atoms. The second-order valence-corrected chi connectivity index (χ2v) is 1.72. The van der Waals surface area contributed by atoms with Crippen molar-refractivity contribution in [1.29, 1.82) is 0 Å². The monoisotopic (exact) mass is 123 g/mol. The van der Waals surface area contributed by atoms with Crippen LogP contribution in [0.15, 0.2) is 23.1 Å². The summed E-state index contributed by atoms with van der Waals surface area (Å²) in [7, 11) is 0. The van der Waals surface area contributed by atoms with Gasteiger partial charge in [0.15, 0.2) is 6.39 Å². The van der Waals surface area contributed by atoms with E-state index in [2.05, 4.69) is 11.9 Å². The molecular weight excluding hydrogens is 114 g/mol. The summed E-state index contributed by atoms with van der Waals surface area (Å²) in [6, 6.07) is 0. The first kappa shape index (κ1) is 6.08. The minimum atomic E-state index is 0.886. The van der Waals surface area contributed by atoms with Gasteiger partial charge in [-0.3, -0.25) is 0 Å². The highest BCUT2D eigenvalue weighted by molar-refractivity contribution is 5.41. The van der Waals surface area contributed by atoms with E-state index in [0.29, 0.717) is 0 Å². The second kappa shape index (κ2) is 3.07. The lowest BCUT2D eigenvalue weighted by atomic mass is 10.4. The summed E-state index contributed by atoms with van der Waals surface area (Å²) in [5.41, 5.74) is 0.886. The summed E-state index contributed by atoms with van der Waals surface area (Å²) in [6.45, 7) is 2.08. The maximum atomic E-state index is 4.75. The predicted molar refractivity (Wildman–Crippen MR) is 35.8 cm³/mol. The van der Waals surface area contributed by atoms with Crippen molar-refractivity contribution in [3.63, 3.8) is 0 Å². The molecule has 0 amide bonds. The summed E-state index contributed by atoms with van der Waals surface area (Å²) < 4.78 is 4.75. The van der Waals surface area contributed by atoms with Crippen LogP contribution in [0.2, 0.25) is 0 Å². The topological polar surface area (TPSA) is 26.0 Å².